The molecule has 1 aliphatic heterocycles. The van der Waals surface area contributed by atoms with Gasteiger partial charge in [-0.3, -0.25) is 9.89 Å². The summed E-state index contributed by atoms with van der Waals surface area (Å²) >= 11 is 0. The van der Waals surface area contributed by atoms with Crippen molar-refractivity contribution < 1.29 is 9.53 Å². The summed E-state index contributed by atoms with van der Waals surface area (Å²) in [6.07, 6.45) is 2.47. The van der Waals surface area contributed by atoms with Crippen molar-refractivity contribution in [3.05, 3.63) is 40.8 Å². The predicted molar refractivity (Wildman–Crippen MR) is 68.9 cm³/mol. The molecule has 0 radical (unpaired) electrons. The van der Waals surface area contributed by atoms with Gasteiger partial charge in [0.1, 0.15) is 5.82 Å². The van der Waals surface area contributed by atoms with E-state index in [2.05, 4.69) is 20.5 Å². The normalized spacial score (nSPS) is 13.9. The second-order valence-corrected chi connectivity index (χ2v) is 4.51. The van der Waals surface area contributed by atoms with Gasteiger partial charge in [-0.25, -0.2) is 4.98 Å². The molecule has 3 heterocycles. The van der Waals surface area contributed by atoms with Gasteiger partial charge in [0.15, 0.2) is 5.69 Å². The lowest BCUT2D eigenvalue weighted by Crippen LogP contribution is -2.17. The van der Waals surface area contributed by atoms with E-state index >= 15 is 0 Å². The largest absolute Gasteiger partial charge is 0.376 e. The molecule has 0 spiro atoms. The summed E-state index contributed by atoms with van der Waals surface area (Å²) in [4.78, 5) is 16.3. The van der Waals surface area contributed by atoms with Crippen LogP contribution in [-0.4, -0.2) is 27.7 Å². The number of rotatable bonds is 2. The van der Waals surface area contributed by atoms with Crippen LogP contribution in [0.4, 0.5) is 5.82 Å². The third-order valence-electron chi connectivity index (χ3n) is 3.06. The first-order valence-corrected chi connectivity index (χ1v) is 6.12. The quantitative estimate of drug-likeness (QED) is 0.854. The molecule has 6 heteroatoms. The Balaban J connectivity index is 1.80. The van der Waals surface area contributed by atoms with Crippen molar-refractivity contribution in [2.75, 3.05) is 11.9 Å². The molecular weight excluding hydrogens is 244 g/mol. The van der Waals surface area contributed by atoms with Gasteiger partial charge in [0.25, 0.3) is 5.91 Å². The minimum absolute atomic E-state index is 0.264. The molecule has 0 saturated heterocycles. The maximum absolute atomic E-state index is 12.1. The number of aromatic amines is 1. The van der Waals surface area contributed by atoms with Crippen molar-refractivity contribution in [3.8, 4) is 0 Å². The van der Waals surface area contributed by atoms with Gasteiger partial charge >= 0.3 is 0 Å². The summed E-state index contributed by atoms with van der Waals surface area (Å²) in [5, 5.41) is 9.69. The summed E-state index contributed by atoms with van der Waals surface area (Å²) in [5.74, 6) is 0.253. The summed E-state index contributed by atoms with van der Waals surface area (Å²) in [6.45, 7) is 3.03. The molecule has 98 valence electrons. The summed E-state index contributed by atoms with van der Waals surface area (Å²) in [6, 6.07) is 3.66. The zero-order valence-electron chi connectivity index (χ0n) is 10.6. The fourth-order valence-corrected chi connectivity index (χ4v) is 2.02. The lowest BCUT2D eigenvalue weighted by molar-refractivity contribution is 0.0984. The van der Waals surface area contributed by atoms with Gasteiger partial charge in [-0.15, -0.1) is 0 Å². The lowest BCUT2D eigenvalue weighted by atomic mass is 10.1. The molecule has 1 aliphatic rings. The van der Waals surface area contributed by atoms with E-state index in [0.717, 1.165) is 23.2 Å². The van der Waals surface area contributed by atoms with Gasteiger partial charge in [0.2, 0.25) is 0 Å². The van der Waals surface area contributed by atoms with E-state index in [9.17, 15) is 4.79 Å². The molecule has 0 aliphatic carbocycles. The highest BCUT2D eigenvalue weighted by atomic mass is 16.5. The maximum Gasteiger partial charge on any atom is 0.277 e. The number of aromatic nitrogens is 3. The van der Waals surface area contributed by atoms with Crippen molar-refractivity contribution in [1.29, 1.82) is 0 Å². The molecule has 1 amide bonds. The minimum atomic E-state index is -0.264. The van der Waals surface area contributed by atoms with Crippen LogP contribution in [0.25, 0.3) is 0 Å². The SMILES string of the molecule is Cc1ccc(NC(=O)c2n[nH]c3c2COCC3)nc1. The Bertz CT molecular complexity index is 604. The number of carbonyl (C=O) groups excluding carboxylic acids is 1. The van der Waals surface area contributed by atoms with Gasteiger partial charge in [-0.1, -0.05) is 6.07 Å². The molecule has 0 unspecified atom stereocenters. The molecule has 0 saturated carbocycles. The minimum Gasteiger partial charge on any atom is -0.376 e. The van der Waals surface area contributed by atoms with E-state index in [1.807, 2.05) is 13.0 Å². The van der Waals surface area contributed by atoms with Gasteiger partial charge in [-0.05, 0) is 18.6 Å². The summed E-state index contributed by atoms with van der Waals surface area (Å²) in [7, 11) is 0. The molecule has 2 N–H and O–H groups in total. The smallest absolute Gasteiger partial charge is 0.277 e. The molecule has 0 atom stereocenters. The average Bonchev–Trinajstić information content (AvgIpc) is 2.85. The zero-order chi connectivity index (χ0) is 13.2. The number of anilines is 1. The first-order chi connectivity index (χ1) is 9.24. The number of amides is 1. The first kappa shape index (κ1) is 11.9. The topological polar surface area (TPSA) is 79.9 Å². The van der Waals surface area contributed by atoms with E-state index in [4.69, 9.17) is 4.74 Å². The van der Waals surface area contributed by atoms with Crippen LogP contribution in [0.2, 0.25) is 0 Å². The predicted octanol–water partition coefficient (Wildman–Crippen LogP) is 1.44. The second-order valence-electron chi connectivity index (χ2n) is 4.51. The molecule has 2 aromatic heterocycles. The van der Waals surface area contributed by atoms with Gasteiger partial charge < -0.3 is 10.1 Å². The van der Waals surface area contributed by atoms with Crippen LogP contribution in [-0.2, 0) is 17.8 Å². The van der Waals surface area contributed by atoms with Crippen LogP contribution in [0.1, 0.15) is 27.3 Å². The molecule has 0 aromatic carbocycles. The van der Waals surface area contributed by atoms with Crippen molar-refractivity contribution in [2.24, 2.45) is 0 Å². The fourth-order valence-electron chi connectivity index (χ4n) is 2.02. The Hall–Kier alpha value is -2.21. The molecule has 19 heavy (non-hydrogen) atoms. The summed E-state index contributed by atoms with van der Waals surface area (Å²) < 4.78 is 5.36. The fraction of sp³-hybridized carbons (Fsp3) is 0.308. The number of H-pyrrole nitrogens is 1. The number of pyridine rings is 1. The number of nitrogens with zero attached hydrogens (tertiary/aromatic N) is 2. The highest BCUT2D eigenvalue weighted by Gasteiger charge is 2.22. The third-order valence-corrected chi connectivity index (χ3v) is 3.06. The third kappa shape index (κ3) is 2.34. The van der Waals surface area contributed by atoms with E-state index in [1.54, 1.807) is 12.3 Å². The molecule has 6 nitrogen and oxygen atoms in total. The zero-order valence-corrected chi connectivity index (χ0v) is 10.6. The van der Waals surface area contributed by atoms with Gasteiger partial charge in [-0.2, -0.15) is 5.10 Å². The maximum atomic E-state index is 12.1. The van der Waals surface area contributed by atoms with E-state index in [0.29, 0.717) is 24.7 Å². The van der Waals surface area contributed by atoms with Crippen LogP contribution in [0.15, 0.2) is 18.3 Å². The van der Waals surface area contributed by atoms with Gasteiger partial charge in [0, 0.05) is 23.9 Å². The standard InChI is InChI=1S/C13H14N4O2/c1-8-2-3-11(14-6-8)15-13(18)12-9-7-19-5-4-10(9)16-17-12/h2-3,6H,4-5,7H2,1H3,(H,16,17)(H,14,15,18). The van der Waals surface area contributed by atoms with Crippen LogP contribution in [0.5, 0.6) is 0 Å². The number of hydrogen-bond donors (Lipinski definition) is 2. The Morgan fingerprint density at radius 3 is 3.16 bits per heavy atom. The second kappa shape index (κ2) is 4.81. The number of aryl methyl sites for hydroxylation is 1. The van der Waals surface area contributed by atoms with E-state index in [-0.39, 0.29) is 5.91 Å². The lowest BCUT2D eigenvalue weighted by Gasteiger charge is -2.12. The molecule has 0 fully saturated rings. The Kier molecular flexibility index (Phi) is 3.00. The van der Waals surface area contributed by atoms with Crippen LogP contribution in [0, 0.1) is 6.92 Å². The van der Waals surface area contributed by atoms with E-state index in [1.165, 1.54) is 0 Å². The van der Waals surface area contributed by atoms with Crippen LogP contribution >= 0.6 is 0 Å². The monoisotopic (exact) mass is 258 g/mol. The Morgan fingerprint density at radius 2 is 2.37 bits per heavy atom. The average molecular weight is 258 g/mol. The van der Waals surface area contributed by atoms with Crippen molar-refractivity contribution in [2.45, 2.75) is 20.0 Å². The Morgan fingerprint density at radius 1 is 1.47 bits per heavy atom. The van der Waals surface area contributed by atoms with Crippen molar-refractivity contribution in [1.82, 2.24) is 15.2 Å². The number of carbonyl (C=O) groups is 1. The molecule has 0 bridgehead atoms. The number of fused-ring (bicyclic) bond motifs is 1. The van der Waals surface area contributed by atoms with Crippen molar-refractivity contribution in [3.63, 3.8) is 0 Å². The molecular formula is C13H14N4O2. The first-order valence-electron chi connectivity index (χ1n) is 6.12. The number of nitrogens with one attached hydrogen (secondary N) is 2. The van der Waals surface area contributed by atoms with E-state index < -0.39 is 0 Å². The number of ether oxygens (including phenoxy) is 1. The molecule has 2 aromatic rings. The summed E-state index contributed by atoms with van der Waals surface area (Å²) in [5.41, 5.74) is 3.25. The highest BCUT2D eigenvalue weighted by Crippen LogP contribution is 2.18. The van der Waals surface area contributed by atoms with Crippen molar-refractivity contribution >= 4 is 11.7 Å². The number of hydrogen-bond acceptors (Lipinski definition) is 4. The van der Waals surface area contributed by atoms with Crippen LogP contribution < -0.4 is 5.32 Å². The van der Waals surface area contributed by atoms with Crippen LogP contribution in [0.3, 0.4) is 0 Å². The molecule has 3 rings (SSSR count). The highest BCUT2D eigenvalue weighted by molar-refractivity contribution is 6.03. The van der Waals surface area contributed by atoms with Gasteiger partial charge in [0.05, 0.1) is 13.2 Å². The Labute approximate surface area is 110 Å².